The first-order chi connectivity index (χ1) is 12.8. The normalized spacial score (nSPS) is 14.5. The van der Waals surface area contributed by atoms with Crippen LogP contribution in [0.25, 0.3) is 10.8 Å². The van der Waals surface area contributed by atoms with Crippen LogP contribution >= 0.6 is 0 Å². The lowest BCUT2D eigenvalue weighted by Crippen LogP contribution is -2.48. The maximum atomic E-state index is 13.1. The van der Waals surface area contributed by atoms with E-state index < -0.39 is 0 Å². The van der Waals surface area contributed by atoms with Crippen LogP contribution in [0.4, 0.5) is 5.69 Å². The van der Waals surface area contributed by atoms with Crippen LogP contribution in [-0.4, -0.2) is 44.1 Å². The zero-order valence-corrected chi connectivity index (χ0v) is 14.8. The molecule has 1 fully saturated rings. The summed E-state index contributed by atoms with van der Waals surface area (Å²) in [4.78, 5) is 20.3. The fourth-order valence-electron chi connectivity index (χ4n) is 3.48. The minimum Gasteiger partial charge on any atom is -0.496 e. The number of methoxy groups -OCH3 is 1. The number of aromatic amines is 1. The van der Waals surface area contributed by atoms with E-state index in [1.807, 2.05) is 53.7 Å². The Labute approximate surface area is 152 Å². The van der Waals surface area contributed by atoms with Crippen LogP contribution in [-0.2, 0) is 0 Å². The number of pyridine rings is 1. The van der Waals surface area contributed by atoms with Gasteiger partial charge in [-0.25, -0.2) is 4.98 Å². The highest BCUT2D eigenvalue weighted by Gasteiger charge is 2.25. The summed E-state index contributed by atoms with van der Waals surface area (Å²) in [5, 5.41) is 2.13. The van der Waals surface area contributed by atoms with E-state index >= 15 is 0 Å². The molecule has 5 nitrogen and oxygen atoms in total. The van der Waals surface area contributed by atoms with Crippen molar-refractivity contribution in [1.29, 1.82) is 0 Å². The molecule has 132 valence electrons. The van der Waals surface area contributed by atoms with E-state index in [0.29, 0.717) is 24.4 Å². The minimum atomic E-state index is 0.0358. The number of anilines is 1. The molecule has 2 heterocycles. The van der Waals surface area contributed by atoms with Crippen molar-refractivity contribution in [3.63, 3.8) is 0 Å². The number of nitrogens with one attached hydrogen (secondary N) is 1. The molecule has 0 unspecified atom stereocenters. The van der Waals surface area contributed by atoms with Gasteiger partial charge in [-0.1, -0.05) is 24.3 Å². The van der Waals surface area contributed by atoms with Gasteiger partial charge in [-0.3, -0.25) is 4.79 Å². The Bertz CT molecular complexity index is 919. The molecular weight excluding hydrogens is 326 g/mol. The quantitative estimate of drug-likeness (QED) is 0.731. The number of amides is 1. The predicted molar refractivity (Wildman–Crippen MR) is 102 cm³/mol. The number of hydrogen-bond donors (Lipinski definition) is 0. The minimum absolute atomic E-state index is 0.0358. The van der Waals surface area contributed by atoms with E-state index in [9.17, 15) is 4.79 Å². The first-order valence-corrected chi connectivity index (χ1v) is 8.83. The number of ether oxygens (including phenoxy) is 1. The second kappa shape index (κ2) is 7.04. The summed E-state index contributed by atoms with van der Waals surface area (Å²) in [5.41, 5.74) is 1.81. The summed E-state index contributed by atoms with van der Waals surface area (Å²) in [6, 6.07) is 16.0. The number of nitrogens with zero attached hydrogens (tertiary/aromatic N) is 2. The Morgan fingerprint density at radius 3 is 2.27 bits per heavy atom. The highest BCUT2D eigenvalue weighted by Crippen LogP contribution is 2.27. The van der Waals surface area contributed by atoms with Gasteiger partial charge in [-0.2, -0.15) is 0 Å². The summed E-state index contributed by atoms with van der Waals surface area (Å²) in [5.74, 6) is 0.670. The Kier molecular flexibility index (Phi) is 4.44. The molecule has 4 rings (SSSR count). The molecule has 0 bridgehead atoms. The molecule has 3 aromatic rings. The second-order valence-electron chi connectivity index (χ2n) is 6.44. The van der Waals surface area contributed by atoms with Crippen LogP contribution in [0.2, 0.25) is 0 Å². The monoisotopic (exact) mass is 348 g/mol. The van der Waals surface area contributed by atoms with Crippen molar-refractivity contribution in [2.24, 2.45) is 0 Å². The average molecular weight is 348 g/mol. The average Bonchev–Trinajstić information content (AvgIpc) is 2.73. The van der Waals surface area contributed by atoms with Gasteiger partial charge in [-0.05, 0) is 22.9 Å². The van der Waals surface area contributed by atoms with E-state index in [0.717, 1.165) is 23.9 Å². The lowest BCUT2D eigenvalue weighted by atomic mass is 10.0. The number of hydrogen-bond acceptors (Lipinski definition) is 3. The Morgan fingerprint density at radius 1 is 0.962 bits per heavy atom. The van der Waals surface area contributed by atoms with Crippen LogP contribution in [0.3, 0.4) is 0 Å². The van der Waals surface area contributed by atoms with E-state index in [-0.39, 0.29) is 5.91 Å². The Hall–Kier alpha value is -3.08. The van der Waals surface area contributed by atoms with E-state index in [4.69, 9.17) is 4.74 Å². The van der Waals surface area contributed by atoms with Gasteiger partial charge in [0.05, 0.1) is 12.7 Å². The van der Waals surface area contributed by atoms with Crippen molar-refractivity contribution in [3.8, 4) is 5.75 Å². The summed E-state index contributed by atoms with van der Waals surface area (Å²) in [7, 11) is 1.62. The molecule has 26 heavy (non-hydrogen) atoms. The molecule has 1 aliphatic rings. The molecule has 0 spiro atoms. The second-order valence-corrected chi connectivity index (χ2v) is 6.44. The lowest BCUT2D eigenvalue weighted by Gasteiger charge is -2.36. The van der Waals surface area contributed by atoms with Crippen LogP contribution in [0.5, 0.6) is 5.75 Å². The fourth-order valence-corrected chi connectivity index (χ4v) is 3.48. The van der Waals surface area contributed by atoms with Crippen LogP contribution in [0.15, 0.2) is 60.9 Å². The number of H-pyrrole nitrogens is 1. The largest absolute Gasteiger partial charge is 0.496 e. The van der Waals surface area contributed by atoms with Gasteiger partial charge >= 0.3 is 0 Å². The maximum Gasteiger partial charge on any atom is 0.257 e. The molecule has 0 atom stereocenters. The molecular formula is C21H22N3O2+. The SMILES string of the molecule is COc1cc2ccccc2cc1C(=O)N1CCN(c2cc[nH+]cc2)CC1. The molecule has 0 saturated carbocycles. The smallest absolute Gasteiger partial charge is 0.257 e. The molecule has 5 heteroatoms. The van der Waals surface area contributed by atoms with Gasteiger partial charge in [0.1, 0.15) is 5.75 Å². The zero-order valence-electron chi connectivity index (χ0n) is 14.8. The third-order valence-corrected chi connectivity index (χ3v) is 4.93. The highest BCUT2D eigenvalue weighted by atomic mass is 16.5. The van der Waals surface area contributed by atoms with Crippen molar-refractivity contribution in [1.82, 2.24) is 4.90 Å². The Morgan fingerprint density at radius 2 is 1.62 bits per heavy atom. The number of benzene rings is 2. The molecule has 2 aromatic carbocycles. The van der Waals surface area contributed by atoms with Gasteiger partial charge in [0, 0.05) is 44.0 Å². The first kappa shape index (κ1) is 16.4. The van der Waals surface area contributed by atoms with Gasteiger partial charge < -0.3 is 14.5 Å². The first-order valence-electron chi connectivity index (χ1n) is 8.83. The fraction of sp³-hybridized carbons (Fsp3) is 0.238. The standard InChI is InChI=1S/C21H21N3O2/c1-26-20-15-17-5-3-2-4-16(17)14-19(20)21(25)24-12-10-23(11-13-24)18-6-8-22-9-7-18/h2-9,14-15H,10-13H2,1H3/p+1. The van der Waals surface area contributed by atoms with Gasteiger partial charge in [-0.15, -0.1) is 0 Å². The van der Waals surface area contributed by atoms with E-state index in [1.165, 1.54) is 5.69 Å². The van der Waals surface area contributed by atoms with Crippen molar-refractivity contribution < 1.29 is 14.5 Å². The number of aromatic nitrogens is 1. The molecule has 1 N–H and O–H groups in total. The Balaban J connectivity index is 1.54. The predicted octanol–water partition coefficient (Wildman–Crippen LogP) is 2.62. The molecule has 1 amide bonds. The number of carbonyl (C=O) groups is 1. The topological polar surface area (TPSA) is 46.9 Å². The molecule has 1 aromatic heterocycles. The highest BCUT2D eigenvalue weighted by molar-refractivity contribution is 6.01. The van der Waals surface area contributed by atoms with Gasteiger partial charge in [0.2, 0.25) is 0 Å². The van der Waals surface area contributed by atoms with Crippen LogP contribution < -0.4 is 14.6 Å². The number of fused-ring (bicyclic) bond motifs is 1. The van der Waals surface area contributed by atoms with Gasteiger partial charge in [0.25, 0.3) is 5.91 Å². The summed E-state index contributed by atoms with van der Waals surface area (Å²) in [6.45, 7) is 3.05. The molecule has 1 aliphatic heterocycles. The molecule has 0 radical (unpaired) electrons. The molecule has 0 aliphatic carbocycles. The number of piperazine rings is 1. The summed E-state index contributed by atoms with van der Waals surface area (Å²) >= 11 is 0. The van der Waals surface area contributed by atoms with Crippen molar-refractivity contribution >= 4 is 22.4 Å². The summed E-state index contributed by atoms with van der Waals surface area (Å²) in [6.07, 6.45) is 3.85. The van der Waals surface area contributed by atoms with Crippen molar-refractivity contribution in [2.45, 2.75) is 0 Å². The molecule has 1 saturated heterocycles. The number of rotatable bonds is 3. The summed E-state index contributed by atoms with van der Waals surface area (Å²) < 4.78 is 5.49. The van der Waals surface area contributed by atoms with Crippen molar-refractivity contribution in [2.75, 3.05) is 38.2 Å². The zero-order chi connectivity index (χ0) is 17.9. The van der Waals surface area contributed by atoms with Gasteiger partial charge in [0.15, 0.2) is 12.4 Å². The third-order valence-electron chi connectivity index (χ3n) is 4.93. The van der Waals surface area contributed by atoms with Crippen molar-refractivity contribution in [3.05, 3.63) is 66.5 Å². The maximum absolute atomic E-state index is 13.1. The van der Waals surface area contributed by atoms with E-state index in [2.05, 4.69) is 22.0 Å². The van der Waals surface area contributed by atoms with E-state index in [1.54, 1.807) is 7.11 Å². The van der Waals surface area contributed by atoms with Crippen LogP contribution in [0, 0.1) is 0 Å². The van der Waals surface area contributed by atoms with Crippen LogP contribution in [0.1, 0.15) is 10.4 Å². The third kappa shape index (κ3) is 3.08. The lowest BCUT2D eigenvalue weighted by molar-refractivity contribution is -0.377. The number of carbonyl (C=O) groups excluding carboxylic acids is 1.